The fraction of sp³-hybridized carbons (Fsp3) is 0.250. The van der Waals surface area contributed by atoms with E-state index in [0.717, 1.165) is 17.7 Å². The maximum atomic E-state index is 14.9. The third-order valence-corrected chi connectivity index (χ3v) is 6.53. The van der Waals surface area contributed by atoms with Gasteiger partial charge in [-0.1, -0.05) is 31.2 Å². The van der Waals surface area contributed by atoms with Crippen molar-refractivity contribution in [1.82, 2.24) is 19.7 Å². The lowest BCUT2D eigenvalue weighted by molar-refractivity contribution is -0.0210. The van der Waals surface area contributed by atoms with Crippen molar-refractivity contribution in [2.75, 3.05) is 19.7 Å². The summed E-state index contributed by atoms with van der Waals surface area (Å²) in [6.07, 6.45) is 5.07. The van der Waals surface area contributed by atoms with Crippen LogP contribution in [0.2, 0.25) is 0 Å². The van der Waals surface area contributed by atoms with Gasteiger partial charge in [-0.05, 0) is 54.4 Å². The summed E-state index contributed by atoms with van der Waals surface area (Å²) in [5.74, 6) is -2.38. The number of benzene rings is 3. The summed E-state index contributed by atoms with van der Waals surface area (Å²) >= 11 is 0. The highest BCUT2D eigenvalue weighted by molar-refractivity contribution is 5.92. The van der Waals surface area contributed by atoms with Gasteiger partial charge in [0.2, 0.25) is 0 Å². The Kier molecular flexibility index (Phi) is 10.5. The lowest BCUT2D eigenvalue weighted by atomic mass is 9.92. The van der Waals surface area contributed by atoms with Crippen LogP contribution in [0, 0.1) is 11.6 Å². The molecule has 3 aromatic carbocycles. The molecule has 4 rings (SSSR count). The number of aromatic nitrogens is 3. The summed E-state index contributed by atoms with van der Waals surface area (Å²) in [6, 6.07) is 15.9. The minimum atomic E-state index is -1.79. The smallest absolute Gasteiger partial charge is 0.343 e. The van der Waals surface area contributed by atoms with E-state index in [-0.39, 0.29) is 24.4 Å². The summed E-state index contributed by atoms with van der Waals surface area (Å²) < 4.78 is 40.4. The molecule has 43 heavy (non-hydrogen) atoms. The van der Waals surface area contributed by atoms with Gasteiger partial charge in [0.15, 0.2) is 0 Å². The number of ether oxygens (including phenoxy) is 2. The SMILES string of the molecule is C=CCN(Cc1ccc(C(=O)Oc2ccc(C(=O)OCCC)cc2)cc1)CC(O)(Cn1cncn1)c1ccc(F)cc1F. The fourth-order valence-corrected chi connectivity index (χ4v) is 4.51. The van der Waals surface area contributed by atoms with Crippen molar-refractivity contribution in [1.29, 1.82) is 0 Å². The van der Waals surface area contributed by atoms with Crippen molar-refractivity contribution in [3.8, 4) is 5.75 Å². The van der Waals surface area contributed by atoms with E-state index in [2.05, 4.69) is 16.7 Å². The molecule has 1 N–H and O–H groups in total. The molecule has 0 radical (unpaired) electrons. The molecule has 0 aliphatic rings. The molecule has 1 atom stereocenters. The molecular formula is C32H32F2N4O5. The van der Waals surface area contributed by atoms with E-state index >= 15 is 0 Å². The monoisotopic (exact) mass is 590 g/mol. The second-order valence-corrected chi connectivity index (χ2v) is 9.95. The Morgan fingerprint density at radius 3 is 2.37 bits per heavy atom. The van der Waals surface area contributed by atoms with E-state index in [1.165, 1.54) is 47.7 Å². The third kappa shape index (κ3) is 8.40. The van der Waals surface area contributed by atoms with Crippen molar-refractivity contribution in [3.63, 3.8) is 0 Å². The molecule has 0 saturated carbocycles. The van der Waals surface area contributed by atoms with E-state index < -0.39 is 29.2 Å². The first-order chi connectivity index (χ1) is 20.7. The number of nitrogens with zero attached hydrogens (tertiary/aromatic N) is 4. The average Bonchev–Trinajstić information content (AvgIpc) is 3.49. The van der Waals surface area contributed by atoms with Gasteiger partial charge in [-0.3, -0.25) is 4.90 Å². The molecule has 224 valence electrons. The summed E-state index contributed by atoms with van der Waals surface area (Å²) in [7, 11) is 0. The Morgan fingerprint density at radius 1 is 1.05 bits per heavy atom. The van der Waals surface area contributed by atoms with Crippen LogP contribution in [0.25, 0.3) is 0 Å². The van der Waals surface area contributed by atoms with Gasteiger partial charge < -0.3 is 14.6 Å². The van der Waals surface area contributed by atoms with E-state index in [9.17, 15) is 23.5 Å². The van der Waals surface area contributed by atoms with Crippen molar-refractivity contribution >= 4 is 11.9 Å². The standard InChI is InChI=1S/C32H32F2N4O5/c1-3-15-37(19-32(41,20-38-22-35-21-36-38)28-14-11-26(33)17-29(28)34)18-23-5-7-25(8-6-23)31(40)43-27-12-9-24(10-13-27)30(39)42-16-4-2/h3,5-14,17,21-22,41H,1,4,15-16,18-20H2,2H3. The van der Waals surface area contributed by atoms with Gasteiger partial charge in [-0.2, -0.15) is 5.10 Å². The van der Waals surface area contributed by atoms with Crippen molar-refractivity contribution in [2.24, 2.45) is 0 Å². The van der Waals surface area contributed by atoms with E-state index in [0.29, 0.717) is 37.2 Å². The van der Waals surface area contributed by atoms with Crippen molar-refractivity contribution in [3.05, 3.63) is 126 Å². The van der Waals surface area contributed by atoms with Crippen LogP contribution in [0.4, 0.5) is 8.78 Å². The molecule has 11 heteroatoms. The Morgan fingerprint density at radius 2 is 1.74 bits per heavy atom. The molecule has 0 amide bonds. The van der Waals surface area contributed by atoms with Gasteiger partial charge in [0.05, 0.1) is 24.3 Å². The normalized spacial score (nSPS) is 12.5. The first-order valence-electron chi connectivity index (χ1n) is 13.6. The zero-order valence-electron chi connectivity index (χ0n) is 23.7. The molecule has 1 heterocycles. The van der Waals surface area contributed by atoms with E-state index in [1.807, 2.05) is 11.8 Å². The van der Waals surface area contributed by atoms with Gasteiger partial charge in [0.1, 0.15) is 35.6 Å². The average molecular weight is 591 g/mol. The van der Waals surface area contributed by atoms with Crippen LogP contribution in [0.1, 0.15) is 45.2 Å². The molecule has 0 bridgehead atoms. The van der Waals surface area contributed by atoms with E-state index in [4.69, 9.17) is 9.47 Å². The molecule has 9 nitrogen and oxygen atoms in total. The second kappa shape index (κ2) is 14.4. The Hall–Kier alpha value is -4.74. The van der Waals surface area contributed by atoms with Gasteiger partial charge in [0, 0.05) is 31.3 Å². The number of carbonyl (C=O) groups excluding carboxylic acids is 2. The number of hydrogen-bond donors (Lipinski definition) is 1. The molecule has 0 aliphatic heterocycles. The minimum Gasteiger partial charge on any atom is -0.462 e. The van der Waals surface area contributed by atoms with Crippen LogP contribution in [0.5, 0.6) is 5.75 Å². The summed E-state index contributed by atoms with van der Waals surface area (Å²) in [5, 5.41) is 15.8. The highest BCUT2D eigenvalue weighted by Gasteiger charge is 2.35. The van der Waals surface area contributed by atoms with Crippen LogP contribution in [-0.4, -0.2) is 56.4 Å². The van der Waals surface area contributed by atoms with Crippen LogP contribution >= 0.6 is 0 Å². The maximum Gasteiger partial charge on any atom is 0.343 e. The topological polar surface area (TPSA) is 107 Å². The zero-order valence-corrected chi connectivity index (χ0v) is 23.7. The highest BCUT2D eigenvalue weighted by atomic mass is 19.1. The lowest BCUT2D eigenvalue weighted by Crippen LogP contribution is -2.44. The predicted molar refractivity (Wildman–Crippen MR) is 154 cm³/mol. The second-order valence-electron chi connectivity index (χ2n) is 9.95. The van der Waals surface area contributed by atoms with Gasteiger partial charge >= 0.3 is 11.9 Å². The summed E-state index contributed by atoms with van der Waals surface area (Å²) in [4.78, 5) is 30.4. The summed E-state index contributed by atoms with van der Waals surface area (Å²) in [5.41, 5.74) is -0.405. The Labute approximate surface area is 248 Å². The molecule has 0 spiro atoms. The van der Waals surface area contributed by atoms with Gasteiger partial charge in [-0.25, -0.2) is 28.0 Å². The molecule has 0 aliphatic carbocycles. The van der Waals surface area contributed by atoms with Crippen molar-refractivity contribution < 1.29 is 33.0 Å². The number of hydrogen-bond acceptors (Lipinski definition) is 8. The molecule has 1 unspecified atom stereocenters. The molecular weight excluding hydrogens is 558 g/mol. The first-order valence-corrected chi connectivity index (χ1v) is 13.6. The quantitative estimate of drug-likeness (QED) is 0.125. The third-order valence-electron chi connectivity index (χ3n) is 6.53. The number of carbonyl (C=O) groups is 2. The number of esters is 2. The van der Waals surface area contributed by atoms with Crippen LogP contribution in [0.15, 0.2) is 92.0 Å². The molecule has 1 aromatic heterocycles. The number of aliphatic hydroxyl groups is 1. The summed E-state index contributed by atoms with van der Waals surface area (Å²) in [6.45, 7) is 6.51. The molecule has 4 aromatic rings. The molecule has 0 fully saturated rings. The highest BCUT2D eigenvalue weighted by Crippen LogP contribution is 2.28. The lowest BCUT2D eigenvalue weighted by Gasteiger charge is -2.34. The Bertz CT molecular complexity index is 1530. The van der Waals surface area contributed by atoms with Gasteiger partial charge in [-0.15, -0.1) is 6.58 Å². The van der Waals surface area contributed by atoms with Crippen LogP contribution < -0.4 is 4.74 Å². The van der Waals surface area contributed by atoms with Crippen LogP contribution in [-0.2, 0) is 23.4 Å². The number of rotatable bonds is 14. The number of halogens is 2. The minimum absolute atomic E-state index is 0.0484. The van der Waals surface area contributed by atoms with Crippen molar-refractivity contribution in [2.45, 2.75) is 32.0 Å². The molecule has 0 saturated heterocycles. The zero-order chi connectivity index (χ0) is 30.8. The van der Waals surface area contributed by atoms with E-state index in [1.54, 1.807) is 30.3 Å². The maximum absolute atomic E-state index is 14.9. The predicted octanol–water partition coefficient (Wildman–Crippen LogP) is 4.92. The fourth-order valence-electron chi connectivity index (χ4n) is 4.51. The first kappa shape index (κ1) is 31.2. The van der Waals surface area contributed by atoms with Gasteiger partial charge in [0.25, 0.3) is 0 Å². The largest absolute Gasteiger partial charge is 0.462 e. The Balaban J connectivity index is 1.45. The van der Waals surface area contributed by atoms with Crippen LogP contribution in [0.3, 0.4) is 0 Å².